The third-order valence-electron chi connectivity index (χ3n) is 4.05. The molecule has 0 aromatic rings. The molecule has 21 heavy (non-hydrogen) atoms. The third kappa shape index (κ3) is 8.36. The number of ether oxygens (including phenoxy) is 1. The molecule has 0 saturated heterocycles. The summed E-state index contributed by atoms with van der Waals surface area (Å²) in [6, 6.07) is 0. The van der Waals surface area contributed by atoms with Gasteiger partial charge in [-0.2, -0.15) is 0 Å². The highest BCUT2D eigenvalue weighted by Gasteiger charge is 2.25. The normalized spacial score (nSPS) is 12.2. The van der Waals surface area contributed by atoms with Crippen LogP contribution in [0.4, 0.5) is 0 Å². The summed E-state index contributed by atoms with van der Waals surface area (Å²) in [4.78, 5) is 15.6. The summed E-state index contributed by atoms with van der Waals surface area (Å²) >= 11 is 0. The number of rotatable bonds is 12. The van der Waals surface area contributed by atoms with E-state index in [1.165, 1.54) is 7.11 Å². The molecule has 0 aliphatic carbocycles. The highest BCUT2D eigenvalue weighted by molar-refractivity contribution is 5.69. The van der Waals surface area contributed by atoms with Gasteiger partial charge in [-0.05, 0) is 20.3 Å². The van der Waals surface area contributed by atoms with Gasteiger partial charge in [-0.15, -0.1) is 0 Å². The van der Waals surface area contributed by atoms with E-state index in [4.69, 9.17) is 14.9 Å². The van der Waals surface area contributed by atoms with Gasteiger partial charge < -0.3 is 14.9 Å². The smallest absolute Gasteiger partial charge is 0.306 e. The lowest BCUT2D eigenvalue weighted by molar-refractivity contribution is -0.141. The Labute approximate surface area is 128 Å². The zero-order valence-corrected chi connectivity index (χ0v) is 14.0. The highest BCUT2D eigenvalue weighted by atomic mass is 16.5. The summed E-state index contributed by atoms with van der Waals surface area (Å²) in [6.45, 7) is 9.92. The minimum Gasteiger partial charge on any atom is -0.469 e. The largest absolute Gasteiger partial charge is 0.469 e. The molecule has 0 heterocycles. The molecular weight excluding hydrogens is 272 g/mol. The second-order valence-electron chi connectivity index (χ2n) is 5.77. The summed E-state index contributed by atoms with van der Waals surface area (Å²) in [6.07, 6.45) is 1.36. The van der Waals surface area contributed by atoms with Gasteiger partial charge >= 0.3 is 5.97 Å². The van der Waals surface area contributed by atoms with Crippen molar-refractivity contribution in [1.29, 1.82) is 0 Å². The molecule has 0 aromatic carbocycles. The number of hydrogen-bond acceptors (Lipinski definition) is 6. The maximum absolute atomic E-state index is 11.3. The molecule has 6 heteroatoms. The Bertz CT molecular complexity index is 279. The summed E-state index contributed by atoms with van der Waals surface area (Å²) in [5.74, 6) is -0.200. The molecule has 0 atom stereocenters. The lowest BCUT2D eigenvalue weighted by Gasteiger charge is -2.39. The van der Waals surface area contributed by atoms with Crippen molar-refractivity contribution < 1.29 is 19.7 Å². The van der Waals surface area contributed by atoms with E-state index in [1.807, 2.05) is 4.90 Å². The lowest BCUT2D eigenvalue weighted by Crippen LogP contribution is -2.48. The fraction of sp³-hybridized carbons (Fsp3) is 0.933. The molecule has 0 saturated carbocycles. The number of carbonyl (C=O) groups excluding carboxylic acids is 1. The summed E-state index contributed by atoms with van der Waals surface area (Å²) in [5, 5.41) is 18.1. The Morgan fingerprint density at radius 2 is 1.62 bits per heavy atom. The average Bonchev–Trinajstić information content (AvgIpc) is 2.46. The van der Waals surface area contributed by atoms with E-state index in [0.29, 0.717) is 26.1 Å². The van der Waals surface area contributed by atoms with Crippen molar-refractivity contribution in [1.82, 2.24) is 9.80 Å². The number of hydrogen-bond donors (Lipinski definition) is 2. The predicted octanol–water partition coefficient (Wildman–Crippen LogP) is 0.327. The Hall–Kier alpha value is -0.690. The molecule has 0 aliphatic heterocycles. The molecule has 0 radical (unpaired) electrons. The number of nitrogens with zero attached hydrogens (tertiary/aromatic N) is 2. The van der Waals surface area contributed by atoms with Crippen LogP contribution in [-0.2, 0) is 9.53 Å². The lowest BCUT2D eigenvalue weighted by atomic mass is 9.99. The molecule has 0 amide bonds. The summed E-state index contributed by atoms with van der Waals surface area (Å²) < 4.78 is 4.71. The van der Waals surface area contributed by atoms with Crippen molar-refractivity contribution in [3.05, 3.63) is 0 Å². The molecule has 0 aromatic heterocycles. The number of aliphatic hydroxyl groups excluding tert-OH is 2. The Morgan fingerprint density at radius 1 is 1.05 bits per heavy atom. The standard InChI is InChI=1S/C15H32N2O4/c1-5-15(2,3)17(7-6-14(20)21-4)9-8-16(10-12-18)11-13-19/h18-19H,5-13H2,1-4H3. The Morgan fingerprint density at radius 3 is 2.05 bits per heavy atom. The van der Waals surface area contributed by atoms with Gasteiger partial charge in [0.2, 0.25) is 0 Å². The SMILES string of the molecule is CCC(C)(C)N(CCC(=O)OC)CCN(CCO)CCO. The van der Waals surface area contributed by atoms with Crippen LogP contribution in [-0.4, -0.2) is 84.6 Å². The first-order valence-electron chi connectivity index (χ1n) is 7.67. The van der Waals surface area contributed by atoms with Crippen molar-refractivity contribution in [3.63, 3.8) is 0 Å². The van der Waals surface area contributed by atoms with E-state index < -0.39 is 0 Å². The fourth-order valence-electron chi connectivity index (χ4n) is 2.15. The molecule has 0 aliphatic rings. The van der Waals surface area contributed by atoms with E-state index in [9.17, 15) is 4.79 Å². The second-order valence-corrected chi connectivity index (χ2v) is 5.77. The Kier molecular flexibility index (Phi) is 10.6. The topological polar surface area (TPSA) is 73.2 Å². The van der Waals surface area contributed by atoms with Crippen LogP contribution in [0.3, 0.4) is 0 Å². The van der Waals surface area contributed by atoms with E-state index in [1.54, 1.807) is 0 Å². The van der Waals surface area contributed by atoms with Gasteiger partial charge in [-0.3, -0.25) is 14.6 Å². The van der Waals surface area contributed by atoms with Crippen molar-refractivity contribution in [2.75, 3.05) is 53.0 Å². The van der Waals surface area contributed by atoms with Gasteiger partial charge in [0.15, 0.2) is 0 Å². The summed E-state index contributed by atoms with van der Waals surface area (Å²) in [5.41, 5.74) is -0.00186. The molecule has 0 unspecified atom stereocenters. The molecule has 0 spiro atoms. The third-order valence-corrected chi connectivity index (χ3v) is 4.05. The molecule has 0 rings (SSSR count). The van der Waals surface area contributed by atoms with Crippen LogP contribution < -0.4 is 0 Å². The van der Waals surface area contributed by atoms with Crippen molar-refractivity contribution in [2.24, 2.45) is 0 Å². The minimum absolute atomic E-state index is 0.00186. The number of aliphatic hydroxyl groups is 2. The van der Waals surface area contributed by atoms with Crippen molar-refractivity contribution >= 4 is 5.97 Å². The first-order chi connectivity index (χ1) is 9.91. The molecule has 2 N–H and O–H groups in total. The molecular formula is C15H32N2O4. The van der Waals surface area contributed by atoms with Crippen LogP contribution in [0.5, 0.6) is 0 Å². The molecule has 0 fully saturated rings. The molecule has 126 valence electrons. The maximum atomic E-state index is 11.3. The summed E-state index contributed by atoms with van der Waals surface area (Å²) in [7, 11) is 1.40. The average molecular weight is 304 g/mol. The quantitative estimate of drug-likeness (QED) is 0.506. The number of esters is 1. The maximum Gasteiger partial charge on any atom is 0.306 e. The van der Waals surface area contributed by atoms with E-state index in [-0.39, 0.29) is 24.7 Å². The van der Waals surface area contributed by atoms with Gasteiger partial charge in [0.1, 0.15) is 0 Å². The second kappa shape index (κ2) is 11.0. The van der Waals surface area contributed by atoms with Crippen LogP contribution in [0.2, 0.25) is 0 Å². The fourth-order valence-corrected chi connectivity index (χ4v) is 2.15. The predicted molar refractivity (Wildman–Crippen MR) is 83.2 cm³/mol. The van der Waals surface area contributed by atoms with Gasteiger partial charge in [-0.1, -0.05) is 6.92 Å². The minimum atomic E-state index is -0.200. The first kappa shape index (κ1) is 20.3. The van der Waals surface area contributed by atoms with Crippen LogP contribution in [0, 0.1) is 0 Å². The van der Waals surface area contributed by atoms with Gasteiger partial charge in [0.25, 0.3) is 0 Å². The van der Waals surface area contributed by atoms with Gasteiger partial charge in [0.05, 0.1) is 26.7 Å². The van der Waals surface area contributed by atoms with E-state index in [2.05, 4.69) is 25.7 Å². The zero-order chi connectivity index (χ0) is 16.3. The first-order valence-corrected chi connectivity index (χ1v) is 7.67. The van der Waals surface area contributed by atoms with Crippen LogP contribution in [0.25, 0.3) is 0 Å². The van der Waals surface area contributed by atoms with Gasteiger partial charge in [0, 0.05) is 38.3 Å². The van der Waals surface area contributed by atoms with Crippen molar-refractivity contribution in [2.45, 2.75) is 39.2 Å². The monoisotopic (exact) mass is 304 g/mol. The van der Waals surface area contributed by atoms with Crippen LogP contribution >= 0.6 is 0 Å². The number of methoxy groups -OCH3 is 1. The zero-order valence-electron chi connectivity index (χ0n) is 14.0. The Balaban J connectivity index is 4.54. The van der Waals surface area contributed by atoms with Gasteiger partial charge in [-0.25, -0.2) is 0 Å². The van der Waals surface area contributed by atoms with E-state index in [0.717, 1.165) is 19.5 Å². The molecule has 0 bridgehead atoms. The van der Waals surface area contributed by atoms with Crippen molar-refractivity contribution in [3.8, 4) is 0 Å². The molecule has 6 nitrogen and oxygen atoms in total. The van der Waals surface area contributed by atoms with E-state index >= 15 is 0 Å². The number of carbonyl (C=O) groups is 1. The highest BCUT2D eigenvalue weighted by Crippen LogP contribution is 2.18. The van der Waals surface area contributed by atoms with Crippen LogP contribution in [0.1, 0.15) is 33.6 Å². The van der Waals surface area contributed by atoms with Crippen LogP contribution in [0.15, 0.2) is 0 Å².